The number of nitrogens with one attached hydrogen (secondary N) is 1. The van der Waals surface area contributed by atoms with Gasteiger partial charge in [0.25, 0.3) is 0 Å². The molecule has 96 valence electrons. The Bertz CT molecular complexity index is 487. The van der Waals surface area contributed by atoms with Crippen LogP contribution in [0.5, 0.6) is 0 Å². The van der Waals surface area contributed by atoms with Gasteiger partial charge in [-0.1, -0.05) is 0 Å². The number of nitriles is 1. The van der Waals surface area contributed by atoms with Crippen LogP contribution in [0.1, 0.15) is 26.3 Å². The zero-order valence-corrected chi connectivity index (χ0v) is 10.6. The Hall–Kier alpha value is -2.09. The highest BCUT2D eigenvalue weighted by Crippen LogP contribution is 2.16. The minimum absolute atomic E-state index is 0.0841. The van der Waals surface area contributed by atoms with Crippen LogP contribution in [0.25, 0.3) is 0 Å². The summed E-state index contributed by atoms with van der Waals surface area (Å²) < 4.78 is 18.3. The zero-order chi connectivity index (χ0) is 13.8. The van der Waals surface area contributed by atoms with Crippen LogP contribution < -0.4 is 5.32 Å². The van der Waals surface area contributed by atoms with Gasteiger partial charge in [0.05, 0.1) is 12.5 Å². The van der Waals surface area contributed by atoms with E-state index in [2.05, 4.69) is 5.32 Å². The molecule has 0 fully saturated rings. The molecule has 4 nitrogen and oxygen atoms in total. The van der Waals surface area contributed by atoms with E-state index in [1.807, 2.05) is 6.07 Å². The molecular weight excluding hydrogens is 235 g/mol. The number of amides is 1. The van der Waals surface area contributed by atoms with Gasteiger partial charge in [-0.2, -0.15) is 5.26 Å². The second-order valence-corrected chi connectivity index (χ2v) is 4.81. The van der Waals surface area contributed by atoms with Crippen molar-refractivity contribution in [3.05, 3.63) is 29.6 Å². The SMILES string of the molecule is CC(C)(C)OC(=O)Nc1cc(F)cc(CC#N)c1. The van der Waals surface area contributed by atoms with E-state index in [0.29, 0.717) is 5.56 Å². The van der Waals surface area contributed by atoms with E-state index < -0.39 is 17.5 Å². The molecule has 0 aliphatic heterocycles. The summed E-state index contributed by atoms with van der Waals surface area (Å²) in [7, 11) is 0. The predicted molar refractivity (Wildman–Crippen MR) is 65.6 cm³/mol. The molecule has 0 unspecified atom stereocenters. The van der Waals surface area contributed by atoms with Crippen LogP contribution in [-0.2, 0) is 11.2 Å². The second-order valence-electron chi connectivity index (χ2n) is 4.81. The highest BCUT2D eigenvalue weighted by Gasteiger charge is 2.16. The maximum Gasteiger partial charge on any atom is 0.412 e. The first-order valence-electron chi connectivity index (χ1n) is 5.46. The third-order valence-corrected chi connectivity index (χ3v) is 1.89. The molecule has 1 amide bonds. The van der Waals surface area contributed by atoms with Gasteiger partial charge in [-0.15, -0.1) is 0 Å². The van der Waals surface area contributed by atoms with E-state index >= 15 is 0 Å². The van der Waals surface area contributed by atoms with Gasteiger partial charge in [0.15, 0.2) is 0 Å². The fourth-order valence-electron chi connectivity index (χ4n) is 1.34. The zero-order valence-electron chi connectivity index (χ0n) is 10.6. The van der Waals surface area contributed by atoms with Gasteiger partial charge in [0, 0.05) is 5.69 Å². The Morgan fingerprint density at radius 1 is 1.44 bits per heavy atom. The van der Waals surface area contributed by atoms with Gasteiger partial charge in [-0.3, -0.25) is 5.32 Å². The second kappa shape index (κ2) is 5.50. The fraction of sp³-hybridized carbons (Fsp3) is 0.385. The molecule has 0 aliphatic carbocycles. The molecular formula is C13H15FN2O2. The molecule has 0 saturated carbocycles. The van der Waals surface area contributed by atoms with Gasteiger partial charge < -0.3 is 4.74 Å². The quantitative estimate of drug-likeness (QED) is 0.876. The van der Waals surface area contributed by atoms with Crippen molar-refractivity contribution in [3.63, 3.8) is 0 Å². The Balaban J connectivity index is 2.79. The van der Waals surface area contributed by atoms with Crippen molar-refractivity contribution >= 4 is 11.8 Å². The average molecular weight is 250 g/mol. The fourth-order valence-corrected chi connectivity index (χ4v) is 1.34. The smallest absolute Gasteiger partial charge is 0.412 e. The predicted octanol–water partition coefficient (Wildman–Crippen LogP) is 3.24. The van der Waals surface area contributed by atoms with E-state index in [0.717, 1.165) is 0 Å². The summed E-state index contributed by atoms with van der Waals surface area (Å²) in [5.74, 6) is -0.506. The van der Waals surface area contributed by atoms with Crippen LogP contribution in [0.4, 0.5) is 14.9 Å². The van der Waals surface area contributed by atoms with Gasteiger partial charge >= 0.3 is 6.09 Å². The van der Waals surface area contributed by atoms with Crippen molar-refractivity contribution in [2.24, 2.45) is 0 Å². The van der Waals surface area contributed by atoms with Crippen molar-refractivity contribution in [1.82, 2.24) is 0 Å². The molecule has 0 saturated heterocycles. The lowest BCUT2D eigenvalue weighted by Gasteiger charge is -2.19. The Kier molecular flexibility index (Phi) is 4.27. The normalized spacial score (nSPS) is 10.6. The summed E-state index contributed by atoms with van der Waals surface area (Å²) in [5, 5.41) is 11.0. The Morgan fingerprint density at radius 3 is 2.67 bits per heavy atom. The molecule has 0 atom stereocenters. The number of carbonyl (C=O) groups is 1. The lowest BCUT2D eigenvalue weighted by atomic mass is 10.1. The number of anilines is 1. The number of rotatable bonds is 2. The van der Waals surface area contributed by atoms with E-state index in [4.69, 9.17) is 10.00 Å². The van der Waals surface area contributed by atoms with E-state index in [1.165, 1.54) is 18.2 Å². The summed E-state index contributed by atoms with van der Waals surface area (Å²) in [6.45, 7) is 5.21. The third kappa shape index (κ3) is 4.83. The Morgan fingerprint density at radius 2 is 2.11 bits per heavy atom. The summed E-state index contributed by atoms with van der Waals surface area (Å²) in [4.78, 5) is 11.5. The first kappa shape index (κ1) is 14.0. The number of hydrogen-bond acceptors (Lipinski definition) is 3. The summed E-state index contributed by atoms with van der Waals surface area (Å²) in [5.41, 5.74) is 0.158. The number of ether oxygens (including phenoxy) is 1. The number of halogens is 1. The largest absolute Gasteiger partial charge is 0.444 e. The van der Waals surface area contributed by atoms with Crippen LogP contribution in [0.15, 0.2) is 18.2 Å². The van der Waals surface area contributed by atoms with E-state index in [9.17, 15) is 9.18 Å². The lowest BCUT2D eigenvalue weighted by molar-refractivity contribution is 0.0636. The molecule has 18 heavy (non-hydrogen) atoms. The standard InChI is InChI=1S/C13H15FN2O2/c1-13(2,3)18-12(17)16-11-7-9(4-5-15)6-10(14)8-11/h6-8H,4H2,1-3H3,(H,16,17). The van der Waals surface area contributed by atoms with Crippen LogP contribution in [0.2, 0.25) is 0 Å². The molecule has 0 heterocycles. The minimum Gasteiger partial charge on any atom is -0.444 e. The number of nitrogens with zero attached hydrogens (tertiary/aromatic N) is 1. The van der Waals surface area contributed by atoms with Crippen LogP contribution >= 0.6 is 0 Å². The van der Waals surface area contributed by atoms with Gasteiger partial charge in [0.2, 0.25) is 0 Å². The number of carbonyl (C=O) groups excluding carboxylic acids is 1. The average Bonchev–Trinajstić information content (AvgIpc) is 2.12. The highest BCUT2D eigenvalue weighted by atomic mass is 19.1. The molecule has 1 rings (SSSR count). The van der Waals surface area contributed by atoms with E-state index in [1.54, 1.807) is 20.8 Å². The van der Waals surface area contributed by atoms with Crippen molar-refractivity contribution in [2.45, 2.75) is 32.8 Å². The topological polar surface area (TPSA) is 62.1 Å². The summed E-state index contributed by atoms with van der Waals surface area (Å²) >= 11 is 0. The third-order valence-electron chi connectivity index (χ3n) is 1.89. The molecule has 0 spiro atoms. The van der Waals surface area contributed by atoms with E-state index in [-0.39, 0.29) is 12.1 Å². The Labute approximate surface area is 105 Å². The minimum atomic E-state index is -0.656. The number of benzene rings is 1. The van der Waals surface area contributed by atoms with Gasteiger partial charge in [0.1, 0.15) is 11.4 Å². The molecule has 0 aliphatic rings. The van der Waals surface area contributed by atoms with Crippen molar-refractivity contribution in [2.75, 3.05) is 5.32 Å². The molecule has 5 heteroatoms. The lowest BCUT2D eigenvalue weighted by Crippen LogP contribution is -2.27. The van der Waals surface area contributed by atoms with Gasteiger partial charge in [-0.05, 0) is 44.5 Å². The molecule has 0 aromatic heterocycles. The molecule has 1 N–H and O–H groups in total. The highest BCUT2D eigenvalue weighted by molar-refractivity contribution is 5.85. The first-order valence-corrected chi connectivity index (χ1v) is 5.46. The first-order chi connectivity index (χ1) is 8.30. The maximum absolute atomic E-state index is 13.2. The molecule has 0 bridgehead atoms. The molecule has 1 aromatic rings. The summed E-state index contributed by atoms with van der Waals surface area (Å²) in [6, 6.07) is 5.88. The number of hydrogen-bond donors (Lipinski definition) is 1. The van der Waals surface area contributed by atoms with Crippen LogP contribution in [-0.4, -0.2) is 11.7 Å². The van der Waals surface area contributed by atoms with Crippen LogP contribution in [0.3, 0.4) is 0 Å². The van der Waals surface area contributed by atoms with Crippen molar-refractivity contribution < 1.29 is 13.9 Å². The monoisotopic (exact) mass is 250 g/mol. The van der Waals surface area contributed by atoms with Crippen LogP contribution in [0, 0.1) is 17.1 Å². The molecule has 1 aromatic carbocycles. The maximum atomic E-state index is 13.2. The molecule has 0 radical (unpaired) electrons. The van der Waals surface area contributed by atoms with Crippen molar-refractivity contribution in [3.8, 4) is 6.07 Å². The summed E-state index contributed by atoms with van der Waals surface area (Å²) in [6.07, 6.45) is -0.572. The van der Waals surface area contributed by atoms with Gasteiger partial charge in [-0.25, -0.2) is 9.18 Å². The van der Waals surface area contributed by atoms with Crippen molar-refractivity contribution in [1.29, 1.82) is 5.26 Å².